The number of ether oxygens (including phenoxy) is 1. The summed E-state index contributed by atoms with van der Waals surface area (Å²) in [5.41, 5.74) is 1.07. The Bertz CT molecular complexity index is 260. The summed E-state index contributed by atoms with van der Waals surface area (Å²) in [6.07, 6.45) is 0. The zero-order chi connectivity index (χ0) is 10.4. The van der Waals surface area contributed by atoms with Gasteiger partial charge in [-0.2, -0.15) is 0 Å². The second-order valence-electron chi connectivity index (χ2n) is 3.69. The lowest BCUT2D eigenvalue weighted by Gasteiger charge is -2.06. The van der Waals surface area contributed by atoms with E-state index in [0.29, 0.717) is 5.92 Å². The zero-order valence-electron chi connectivity index (χ0n) is 9.04. The fraction of sp³-hybridized carbons (Fsp3) is 0.700. The molecule has 3 nitrogen and oxygen atoms in total. The standard InChI is InChI=1S/C10H18N2OS/c1-8(2)6-13-5-4-11-10-12-9(3)7-14-10/h7-8H,4-6H2,1-3H3,(H,11,12). The van der Waals surface area contributed by atoms with Crippen molar-refractivity contribution in [3.63, 3.8) is 0 Å². The molecule has 0 fully saturated rings. The third-order valence-corrected chi connectivity index (χ3v) is 2.51. The molecule has 0 saturated carbocycles. The Morgan fingerprint density at radius 3 is 2.93 bits per heavy atom. The molecule has 1 N–H and O–H groups in total. The normalized spacial score (nSPS) is 10.9. The van der Waals surface area contributed by atoms with E-state index in [2.05, 4.69) is 24.1 Å². The first-order valence-electron chi connectivity index (χ1n) is 4.92. The molecule has 0 amide bonds. The summed E-state index contributed by atoms with van der Waals surface area (Å²) in [6, 6.07) is 0. The topological polar surface area (TPSA) is 34.1 Å². The third-order valence-electron chi connectivity index (χ3n) is 1.59. The van der Waals surface area contributed by atoms with Gasteiger partial charge in [0.15, 0.2) is 5.13 Å². The van der Waals surface area contributed by atoms with Crippen molar-refractivity contribution in [2.24, 2.45) is 5.92 Å². The Morgan fingerprint density at radius 2 is 2.36 bits per heavy atom. The lowest BCUT2D eigenvalue weighted by molar-refractivity contribution is 0.118. The third kappa shape index (κ3) is 4.58. The monoisotopic (exact) mass is 214 g/mol. The predicted octanol–water partition coefficient (Wildman–Crippen LogP) is 2.54. The predicted molar refractivity (Wildman–Crippen MR) is 61.0 cm³/mol. The highest BCUT2D eigenvalue weighted by Gasteiger charge is 1.97. The molecule has 4 heteroatoms. The molecule has 0 aliphatic heterocycles. The van der Waals surface area contributed by atoms with E-state index in [9.17, 15) is 0 Å². The van der Waals surface area contributed by atoms with E-state index in [1.54, 1.807) is 11.3 Å². The number of nitrogens with zero attached hydrogens (tertiary/aromatic N) is 1. The van der Waals surface area contributed by atoms with Crippen LogP contribution in [0.4, 0.5) is 5.13 Å². The van der Waals surface area contributed by atoms with E-state index in [1.165, 1.54) is 0 Å². The van der Waals surface area contributed by atoms with Crippen LogP contribution in [0.25, 0.3) is 0 Å². The molecule has 1 rings (SSSR count). The summed E-state index contributed by atoms with van der Waals surface area (Å²) < 4.78 is 5.44. The number of rotatable bonds is 6. The summed E-state index contributed by atoms with van der Waals surface area (Å²) in [4.78, 5) is 4.30. The van der Waals surface area contributed by atoms with Gasteiger partial charge in [0.25, 0.3) is 0 Å². The molecule has 1 aromatic heterocycles. The van der Waals surface area contributed by atoms with Gasteiger partial charge < -0.3 is 10.1 Å². The van der Waals surface area contributed by atoms with Crippen molar-refractivity contribution in [2.75, 3.05) is 25.1 Å². The highest BCUT2D eigenvalue weighted by atomic mass is 32.1. The van der Waals surface area contributed by atoms with Crippen molar-refractivity contribution < 1.29 is 4.74 Å². The molecule has 0 aliphatic rings. The Hall–Kier alpha value is -0.610. The molecule has 1 aromatic rings. The maximum atomic E-state index is 5.44. The average molecular weight is 214 g/mol. The second kappa shape index (κ2) is 5.98. The lowest BCUT2D eigenvalue weighted by atomic mass is 10.2. The van der Waals surface area contributed by atoms with Gasteiger partial charge >= 0.3 is 0 Å². The SMILES string of the molecule is Cc1csc(NCCOCC(C)C)n1. The number of hydrogen-bond donors (Lipinski definition) is 1. The Kier molecular flexibility index (Phi) is 4.90. The lowest BCUT2D eigenvalue weighted by Crippen LogP contribution is -2.11. The van der Waals surface area contributed by atoms with Crippen LogP contribution in [0.15, 0.2) is 5.38 Å². The Labute approximate surface area is 89.5 Å². The summed E-state index contributed by atoms with van der Waals surface area (Å²) in [6.45, 7) is 8.71. The molecular weight excluding hydrogens is 196 g/mol. The summed E-state index contributed by atoms with van der Waals surface area (Å²) in [5.74, 6) is 0.608. The molecule has 0 aromatic carbocycles. The number of anilines is 1. The van der Waals surface area contributed by atoms with E-state index in [0.717, 1.165) is 30.6 Å². The second-order valence-corrected chi connectivity index (χ2v) is 4.55. The minimum Gasteiger partial charge on any atom is -0.379 e. The molecule has 1 heterocycles. The van der Waals surface area contributed by atoms with Crippen LogP contribution in [0.3, 0.4) is 0 Å². The smallest absolute Gasteiger partial charge is 0.182 e. The number of nitrogens with one attached hydrogen (secondary N) is 1. The molecule has 0 radical (unpaired) electrons. The molecule has 14 heavy (non-hydrogen) atoms. The Morgan fingerprint density at radius 1 is 1.57 bits per heavy atom. The van der Waals surface area contributed by atoms with Crippen molar-refractivity contribution >= 4 is 16.5 Å². The van der Waals surface area contributed by atoms with Crippen LogP contribution in [-0.4, -0.2) is 24.7 Å². The quantitative estimate of drug-likeness (QED) is 0.739. The Balaban J connectivity index is 2.04. The van der Waals surface area contributed by atoms with E-state index < -0.39 is 0 Å². The fourth-order valence-electron chi connectivity index (χ4n) is 0.984. The van der Waals surface area contributed by atoms with Crippen molar-refractivity contribution in [3.05, 3.63) is 11.1 Å². The van der Waals surface area contributed by atoms with Crippen molar-refractivity contribution in [2.45, 2.75) is 20.8 Å². The van der Waals surface area contributed by atoms with Gasteiger partial charge in [0, 0.05) is 18.5 Å². The number of thiazole rings is 1. The van der Waals surface area contributed by atoms with Gasteiger partial charge in [-0.3, -0.25) is 0 Å². The first-order valence-corrected chi connectivity index (χ1v) is 5.80. The minimum absolute atomic E-state index is 0.608. The van der Waals surface area contributed by atoms with E-state index >= 15 is 0 Å². The van der Waals surface area contributed by atoms with Gasteiger partial charge in [-0.05, 0) is 12.8 Å². The van der Waals surface area contributed by atoms with E-state index in [1.807, 2.05) is 12.3 Å². The van der Waals surface area contributed by atoms with Gasteiger partial charge in [-0.15, -0.1) is 11.3 Å². The molecule has 0 aliphatic carbocycles. The fourth-order valence-corrected chi connectivity index (χ4v) is 1.70. The van der Waals surface area contributed by atoms with Crippen LogP contribution in [0, 0.1) is 12.8 Å². The van der Waals surface area contributed by atoms with Gasteiger partial charge in [0.05, 0.1) is 12.3 Å². The number of hydrogen-bond acceptors (Lipinski definition) is 4. The maximum Gasteiger partial charge on any atom is 0.182 e. The van der Waals surface area contributed by atoms with Crippen LogP contribution in [0.2, 0.25) is 0 Å². The highest BCUT2D eigenvalue weighted by molar-refractivity contribution is 7.13. The van der Waals surface area contributed by atoms with Crippen LogP contribution >= 0.6 is 11.3 Å². The van der Waals surface area contributed by atoms with Crippen LogP contribution in [0.5, 0.6) is 0 Å². The summed E-state index contributed by atoms with van der Waals surface area (Å²) in [5, 5.41) is 6.24. The first-order chi connectivity index (χ1) is 6.68. The molecule has 0 spiro atoms. The van der Waals surface area contributed by atoms with Gasteiger partial charge in [-0.1, -0.05) is 13.8 Å². The molecule has 0 bridgehead atoms. The minimum atomic E-state index is 0.608. The number of aryl methyl sites for hydroxylation is 1. The molecule has 0 saturated heterocycles. The van der Waals surface area contributed by atoms with E-state index in [-0.39, 0.29) is 0 Å². The molecule has 0 atom stereocenters. The van der Waals surface area contributed by atoms with Crippen molar-refractivity contribution in [1.82, 2.24) is 4.98 Å². The van der Waals surface area contributed by atoms with Gasteiger partial charge in [-0.25, -0.2) is 4.98 Å². The molecule has 80 valence electrons. The van der Waals surface area contributed by atoms with E-state index in [4.69, 9.17) is 4.74 Å². The van der Waals surface area contributed by atoms with Crippen molar-refractivity contribution in [3.8, 4) is 0 Å². The van der Waals surface area contributed by atoms with Gasteiger partial charge in [0.2, 0.25) is 0 Å². The highest BCUT2D eigenvalue weighted by Crippen LogP contribution is 2.13. The maximum absolute atomic E-state index is 5.44. The summed E-state index contributed by atoms with van der Waals surface area (Å²) >= 11 is 1.64. The largest absolute Gasteiger partial charge is 0.379 e. The molecular formula is C10H18N2OS. The van der Waals surface area contributed by atoms with Gasteiger partial charge in [0.1, 0.15) is 0 Å². The summed E-state index contributed by atoms with van der Waals surface area (Å²) in [7, 11) is 0. The van der Waals surface area contributed by atoms with Crippen LogP contribution in [-0.2, 0) is 4.74 Å². The van der Waals surface area contributed by atoms with Crippen LogP contribution < -0.4 is 5.32 Å². The average Bonchev–Trinajstić information content (AvgIpc) is 2.50. The van der Waals surface area contributed by atoms with Crippen molar-refractivity contribution in [1.29, 1.82) is 0 Å². The molecule has 0 unspecified atom stereocenters. The number of aromatic nitrogens is 1. The first kappa shape index (κ1) is 11.5. The van der Waals surface area contributed by atoms with Crippen LogP contribution in [0.1, 0.15) is 19.5 Å². The zero-order valence-corrected chi connectivity index (χ0v) is 9.86.